The lowest BCUT2D eigenvalue weighted by Crippen LogP contribution is -2.31. The van der Waals surface area contributed by atoms with Gasteiger partial charge in [-0.05, 0) is 37.7 Å². The third-order valence-corrected chi connectivity index (χ3v) is 4.86. The molecular weight excluding hydrogens is 328 g/mol. The van der Waals surface area contributed by atoms with Crippen LogP contribution in [0.3, 0.4) is 0 Å². The van der Waals surface area contributed by atoms with E-state index in [9.17, 15) is 5.26 Å². The second-order valence-electron chi connectivity index (χ2n) is 5.42. The minimum absolute atomic E-state index is 0.528. The van der Waals surface area contributed by atoms with Gasteiger partial charge in [-0.1, -0.05) is 23.7 Å². The quantitative estimate of drug-likeness (QED) is 0.611. The molecule has 0 N–H and O–H groups in total. The summed E-state index contributed by atoms with van der Waals surface area (Å²) in [7, 11) is 0. The summed E-state index contributed by atoms with van der Waals surface area (Å²) < 4.78 is 0. The van der Waals surface area contributed by atoms with Gasteiger partial charge in [0.1, 0.15) is 16.7 Å². The van der Waals surface area contributed by atoms with Crippen molar-refractivity contribution < 1.29 is 0 Å². The van der Waals surface area contributed by atoms with Crippen LogP contribution < -0.4 is 4.90 Å². The molecule has 23 heavy (non-hydrogen) atoms. The average molecular weight is 345 g/mol. The van der Waals surface area contributed by atoms with E-state index in [2.05, 4.69) is 16.0 Å². The summed E-state index contributed by atoms with van der Waals surface area (Å²) in [5.74, 6) is 0.720. The van der Waals surface area contributed by atoms with Crippen LogP contribution in [-0.2, 0) is 0 Å². The molecule has 1 aliphatic rings. The summed E-state index contributed by atoms with van der Waals surface area (Å²) in [6, 6.07) is 9.70. The van der Waals surface area contributed by atoms with Gasteiger partial charge >= 0.3 is 0 Å². The van der Waals surface area contributed by atoms with Crippen LogP contribution in [0.15, 0.2) is 29.3 Å². The van der Waals surface area contributed by atoms with Crippen LogP contribution in [0.4, 0.5) is 5.95 Å². The van der Waals surface area contributed by atoms with Crippen LogP contribution in [0.2, 0.25) is 5.02 Å². The zero-order chi connectivity index (χ0) is 16.2. The number of nitrogens with zero attached hydrogens (tertiary/aromatic N) is 4. The molecule has 6 heteroatoms. The second kappa shape index (κ2) is 7.20. The van der Waals surface area contributed by atoms with Crippen molar-refractivity contribution in [1.82, 2.24) is 9.97 Å². The number of anilines is 1. The Morgan fingerprint density at radius 2 is 1.83 bits per heavy atom. The van der Waals surface area contributed by atoms with Gasteiger partial charge in [-0.3, -0.25) is 0 Å². The summed E-state index contributed by atoms with van der Waals surface area (Å²) in [4.78, 5) is 11.5. The first-order valence-corrected chi connectivity index (χ1v) is 9.20. The van der Waals surface area contributed by atoms with Crippen LogP contribution in [0, 0.1) is 11.3 Å². The van der Waals surface area contributed by atoms with Crippen molar-refractivity contribution in [3.63, 3.8) is 0 Å². The highest BCUT2D eigenvalue weighted by molar-refractivity contribution is 7.98. The van der Waals surface area contributed by atoms with Gasteiger partial charge in [0.25, 0.3) is 0 Å². The molecule has 1 aliphatic heterocycles. The van der Waals surface area contributed by atoms with Crippen LogP contribution >= 0.6 is 23.4 Å². The number of aromatic nitrogens is 2. The molecular formula is C17H17ClN4S. The van der Waals surface area contributed by atoms with Gasteiger partial charge in [0.2, 0.25) is 5.95 Å². The molecule has 0 spiro atoms. The predicted molar refractivity (Wildman–Crippen MR) is 95.0 cm³/mol. The lowest BCUT2D eigenvalue weighted by molar-refractivity contribution is 0.566. The number of rotatable bonds is 3. The summed E-state index contributed by atoms with van der Waals surface area (Å²) in [6.07, 6.45) is 5.52. The van der Waals surface area contributed by atoms with Crippen molar-refractivity contribution in [3.05, 3.63) is 34.9 Å². The highest BCUT2D eigenvalue weighted by Gasteiger charge is 2.20. The molecule has 2 aromatic rings. The van der Waals surface area contributed by atoms with Gasteiger partial charge < -0.3 is 4.90 Å². The average Bonchev–Trinajstić information content (AvgIpc) is 2.62. The number of hydrogen-bond acceptors (Lipinski definition) is 5. The molecule has 3 rings (SSSR count). The van der Waals surface area contributed by atoms with Crippen molar-refractivity contribution in [2.45, 2.75) is 24.3 Å². The Morgan fingerprint density at radius 1 is 1.13 bits per heavy atom. The summed E-state index contributed by atoms with van der Waals surface area (Å²) >= 11 is 7.46. The van der Waals surface area contributed by atoms with Gasteiger partial charge in [0.15, 0.2) is 0 Å². The van der Waals surface area contributed by atoms with Crippen molar-refractivity contribution >= 4 is 29.3 Å². The normalized spacial score (nSPS) is 14.6. The van der Waals surface area contributed by atoms with E-state index < -0.39 is 0 Å². The van der Waals surface area contributed by atoms with E-state index >= 15 is 0 Å². The zero-order valence-corrected chi connectivity index (χ0v) is 14.5. The summed E-state index contributed by atoms with van der Waals surface area (Å²) in [5, 5.41) is 11.0. The fourth-order valence-corrected chi connectivity index (χ4v) is 3.37. The zero-order valence-electron chi connectivity index (χ0n) is 12.9. The maximum Gasteiger partial charge on any atom is 0.227 e. The Bertz CT molecular complexity index is 733. The maximum atomic E-state index is 9.56. The largest absolute Gasteiger partial charge is 0.341 e. The first kappa shape index (κ1) is 16.1. The molecule has 0 bridgehead atoms. The van der Waals surface area contributed by atoms with Crippen molar-refractivity contribution in [2.24, 2.45) is 0 Å². The van der Waals surface area contributed by atoms with Crippen molar-refractivity contribution in [3.8, 4) is 17.3 Å². The molecule has 0 unspecified atom stereocenters. The topological polar surface area (TPSA) is 52.8 Å². The maximum absolute atomic E-state index is 9.56. The Balaban J connectivity index is 2.11. The smallest absolute Gasteiger partial charge is 0.227 e. The number of hydrogen-bond donors (Lipinski definition) is 0. The number of thioether (sulfide) groups is 1. The molecule has 0 radical (unpaired) electrons. The lowest BCUT2D eigenvalue weighted by atomic mass is 10.1. The molecule has 118 valence electrons. The van der Waals surface area contributed by atoms with E-state index in [0.717, 1.165) is 42.5 Å². The van der Waals surface area contributed by atoms with Crippen molar-refractivity contribution in [1.29, 1.82) is 5.26 Å². The summed E-state index contributed by atoms with van der Waals surface area (Å²) in [6.45, 7) is 1.94. The van der Waals surface area contributed by atoms with E-state index in [-0.39, 0.29) is 0 Å². The molecule has 0 aliphatic carbocycles. The van der Waals surface area contributed by atoms with E-state index in [4.69, 9.17) is 16.6 Å². The highest BCUT2D eigenvalue weighted by Crippen LogP contribution is 2.31. The molecule has 1 aromatic heterocycles. The molecule has 1 aromatic carbocycles. The lowest BCUT2D eigenvalue weighted by Gasteiger charge is -2.27. The molecule has 0 saturated carbocycles. The van der Waals surface area contributed by atoms with Gasteiger partial charge in [-0.25, -0.2) is 9.97 Å². The molecule has 1 fully saturated rings. The van der Waals surface area contributed by atoms with E-state index in [1.54, 1.807) is 0 Å². The highest BCUT2D eigenvalue weighted by atomic mass is 35.5. The number of nitriles is 1. The molecule has 1 saturated heterocycles. The Labute approximate surface area is 145 Å². The number of halogens is 1. The van der Waals surface area contributed by atoms with Crippen LogP contribution in [0.25, 0.3) is 11.3 Å². The third kappa shape index (κ3) is 3.44. The second-order valence-corrected chi connectivity index (χ2v) is 6.65. The Hall–Kier alpha value is -1.77. The van der Waals surface area contributed by atoms with Crippen LogP contribution in [0.5, 0.6) is 0 Å². The fourth-order valence-electron chi connectivity index (χ4n) is 2.73. The monoisotopic (exact) mass is 344 g/mol. The number of piperidine rings is 1. The van der Waals surface area contributed by atoms with Gasteiger partial charge in [0.05, 0.1) is 5.69 Å². The first-order valence-electron chi connectivity index (χ1n) is 7.60. The SMILES string of the molecule is CSc1nc(N2CCCCC2)nc(-c2ccc(Cl)cc2)c1C#N. The van der Waals surface area contributed by atoms with E-state index in [0.29, 0.717) is 16.3 Å². The van der Waals surface area contributed by atoms with Crippen LogP contribution in [0.1, 0.15) is 24.8 Å². The van der Waals surface area contributed by atoms with Gasteiger partial charge in [-0.2, -0.15) is 5.26 Å². The Morgan fingerprint density at radius 3 is 2.43 bits per heavy atom. The first-order chi connectivity index (χ1) is 11.2. The predicted octanol–water partition coefficient (Wildman–Crippen LogP) is 4.38. The Kier molecular flexibility index (Phi) is 5.04. The minimum Gasteiger partial charge on any atom is -0.341 e. The molecule has 4 nitrogen and oxygen atoms in total. The fraction of sp³-hybridized carbons (Fsp3) is 0.353. The molecule has 0 amide bonds. The van der Waals surface area contributed by atoms with Crippen molar-refractivity contribution in [2.75, 3.05) is 24.2 Å². The van der Waals surface area contributed by atoms with Gasteiger partial charge in [0, 0.05) is 23.7 Å². The van der Waals surface area contributed by atoms with Gasteiger partial charge in [-0.15, -0.1) is 11.8 Å². The van der Waals surface area contributed by atoms with Crippen LogP contribution in [-0.4, -0.2) is 29.3 Å². The minimum atomic E-state index is 0.528. The summed E-state index contributed by atoms with van der Waals surface area (Å²) in [5.41, 5.74) is 2.10. The molecule has 0 atom stereocenters. The molecule has 2 heterocycles. The van der Waals surface area contributed by atoms with E-state index in [1.807, 2.05) is 30.5 Å². The standard InChI is InChI=1S/C17H17ClN4S/c1-23-16-14(11-19)15(12-5-7-13(18)8-6-12)20-17(21-16)22-9-3-2-4-10-22/h5-8H,2-4,9-10H2,1H3. The number of benzene rings is 1. The van der Waals surface area contributed by atoms with E-state index in [1.165, 1.54) is 18.2 Å². The third-order valence-electron chi connectivity index (χ3n) is 3.93.